The molecule has 20 heavy (non-hydrogen) atoms. The Hall–Kier alpha value is -1.26. The monoisotopic (exact) mass is 288 g/mol. The minimum Gasteiger partial charge on any atom is -0.453 e. The van der Waals surface area contributed by atoms with Crippen LogP contribution in [0.4, 0.5) is 4.79 Å². The first-order chi connectivity index (χ1) is 9.38. The second-order valence-corrected chi connectivity index (χ2v) is 4.74. The first kappa shape index (κ1) is 21.0. The lowest BCUT2D eigenvalue weighted by Gasteiger charge is -2.32. The number of amides is 2. The topological polar surface area (TPSA) is 58.6 Å². The van der Waals surface area contributed by atoms with Crippen LogP contribution in [0.3, 0.4) is 0 Å². The van der Waals surface area contributed by atoms with Gasteiger partial charge in [-0.25, -0.2) is 4.79 Å². The van der Waals surface area contributed by atoms with Crippen molar-refractivity contribution in [2.45, 2.75) is 67.0 Å². The Morgan fingerprint density at radius 1 is 1.15 bits per heavy atom. The maximum Gasteiger partial charge on any atom is 0.407 e. The quantitative estimate of drug-likeness (QED) is 0.817. The number of alkyl carbamates (subject to hydrolysis) is 1. The molecule has 120 valence electrons. The number of likely N-dealkylation sites (N-methyl/N-ethyl adjacent to an activating group) is 1. The molecule has 0 aromatic rings. The fourth-order valence-corrected chi connectivity index (χ4v) is 1.78. The largest absolute Gasteiger partial charge is 0.453 e. The Morgan fingerprint density at radius 2 is 1.65 bits per heavy atom. The molecule has 0 aromatic heterocycles. The van der Waals surface area contributed by atoms with Crippen LogP contribution in [0.5, 0.6) is 0 Å². The number of rotatable bonds is 6. The van der Waals surface area contributed by atoms with Gasteiger partial charge < -0.3 is 15.0 Å². The van der Waals surface area contributed by atoms with E-state index in [1.165, 1.54) is 7.11 Å². The van der Waals surface area contributed by atoms with Crippen LogP contribution in [0.25, 0.3) is 0 Å². The molecule has 2 amide bonds. The number of nitrogens with zero attached hydrogens (tertiary/aromatic N) is 1. The van der Waals surface area contributed by atoms with Crippen molar-refractivity contribution in [3.8, 4) is 0 Å². The van der Waals surface area contributed by atoms with Crippen LogP contribution in [-0.4, -0.2) is 42.6 Å². The molecule has 5 nitrogen and oxygen atoms in total. The highest BCUT2D eigenvalue weighted by Crippen LogP contribution is 2.11. The lowest BCUT2D eigenvalue weighted by Crippen LogP contribution is -2.53. The third kappa shape index (κ3) is 6.78. The van der Waals surface area contributed by atoms with Crippen LogP contribution < -0.4 is 5.32 Å². The minimum atomic E-state index is -0.567. The Labute approximate surface area is 124 Å². The van der Waals surface area contributed by atoms with E-state index in [1.54, 1.807) is 4.90 Å². The predicted molar refractivity (Wildman–Crippen MR) is 82.7 cm³/mol. The molecule has 2 atom stereocenters. The fourth-order valence-electron chi connectivity index (χ4n) is 1.78. The second-order valence-electron chi connectivity index (χ2n) is 4.74. The summed E-state index contributed by atoms with van der Waals surface area (Å²) in [5, 5.41) is 2.61. The molecular weight excluding hydrogens is 256 g/mol. The van der Waals surface area contributed by atoms with Crippen LogP contribution in [-0.2, 0) is 9.53 Å². The van der Waals surface area contributed by atoms with Gasteiger partial charge in [0.2, 0.25) is 5.91 Å². The molecule has 1 N–H and O–H groups in total. The molecule has 0 heterocycles. The highest BCUT2D eigenvalue weighted by Gasteiger charge is 2.29. The summed E-state index contributed by atoms with van der Waals surface area (Å²) in [5.74, 6) is -0.0260. The molecule has 0 aromatic carbocycles. The summed E-state index contributed by atoms with van der Waals surface area (Å²) in [5.41, 5.74) is 0. The van der Waals surface area contributed by atoms with Gasteiger partial charge >= 0.3 is 6.09 Å². The molecule has 0 aliphatic rings. The smallest absolute Gasteiger partial charge is 0.407 e. The van der Waals surface area contributed by atoms with E-state index >= 15 is 0 Å². The minimum absolute atomic E-state index is 0.0229. The van der Waals surface area contributed by atoms with E-state index in [0.29, 0.717) is 6.54 Å². The molecule has 0 spiro atoms. The molecule has 0 fully saturated rings. The molecule has 0 saturated carbocycles. The standard InChI is InChI=1S/C13H26N2O3.C2H6/c1-7-10(5)15(8-2)12(16)11(9(3)4)14-13(17)18-6;1-2/h9-11H,7-8H2,1-6H3,(H,14,17);1-2H3. The summed E-state index contributed by atoms with van der Waals surface area (Å²) in [6, 6.07) is -0.366. The normalized spacial score (nSPS) is 12.8. The number of carbonyl (C=O) groups excluding carboxylic acids is 2. The summed E-state index contributed by atoms with van der Waals surface area (Å²) >= 11 is 0. The van der Waals surface area contributed by atoms with Gasteiger partial charge in [-0.3, -0.25) is 4.79 Å². The third-order valence-corrected chi connectivity index (χ3v) is 3.14. The lowest BCUT2D eigenvalue weighted by molar-refractivity contribution is -0.136. The maximum atomic E-state index is 12.4. The SMILES string of the molecule is CC.CCC(C)N(CC)C(=O)C(NC(=O)OC)C(C)C. The van der Waals surface area contributed by atoms with Crippen molar-refractivity contribution < 1.29 is 14.3 Å². The number of hydrogen-bond donors (Lipinski definition) is 1. The molecular formula is C15H32N2O3. The zero-order valence-corrected chi connectivity index (χ0v) is 14.3. The van der Waals surface area contributed by atoms with Crippen molar-refractivity contribution in [3.05, 3.63) is 0 Å². The van der Waals surface area contributed by atoms with Gasteiger partial charge in [0.05, 0.1) is 7.11 Å². The Bertz CT molecular complexity index is 280. The molecule has 0 aliphatic heterocycles. The maximum absolute atomic E-state index is 12.4. The van der Waals surface area contributed by atoms with Gasteiger partial charge in [0, 0.05) is 12.6 Å². The number of ether oxygens (including phenoxy) is 1. The predicted octanol–water partition coefficient (Wildman–Crippen LogP) is 3.04. The van der Waals surface area contributed by atoms with Crippen molar-refractivity contribution in [2.24, 2.45) is 5.92 Å². The van der Waals surface area contributed by atoms with Crippen LogP contribution >= 0.6 is 0 Å². The molecule has 0 saturated heterocycles. The van der Waals surface area contributed by atoms with E-state index in [0.717, 1.165) is 6.42 Å². The van der Waals surface area contributed by atoms with Crippen molar-refractivity contribution >= 4 is 12.0 Å². The molecule has 0 rings (SSSR count). The van der Waals surface area contributed by atoms with E-state index in [4.69, 9.17) is 0 Å². The lowest BCUT2D eigenvalue weighted by atomic mass is 10.0. The first-order valence-corrected chi connectivity index (χ1v) is 7.53. The molecule has 0 bridgehead atoms. The second kappa shape index (κ2) is 11.6. The van der Waals surface area contributed by atoms with Crippen molar-refractivity contribution in [2.75, 3.05) is 13.7 Å². The van der Waals surface area contributed by atoms with Crippen molar-refractivity contribution in [1.29, 1.82) is 0 Å². The molecule has 2 unspecified atom stereocenters. The van der Waals surface area contributed by atoms with Gasteiger partial charge in [-0.05, 0) is 26.2 Å². The number of methoxy groups -OCH3 is 1. The van der Waals surface area contributed by atoms with Gasteiger partial charge in [-0.15, -0.1) is 0 Å². The van der Waals surface area contributed by atoms with Gasteiger partial charge in [-0.1, -0.05) is 34.6 Å². The van der Waals surface area contributed by atoms with Crippen LogP contribution in [0.15, 0.2) is 0 Å². The van der Waals surface area contributed by atoms with Gasteiger partial charge in [-0.2, -0.15) is 0 Å². The zero-order chi connectivity index (χ0) is 16.3. The first-order valence-electron chi connectivity index (χ1n) is 7.53. The van der Waals surface area contributed by atoms with Gasteiger partial charge in [0.15, 0.2) is 0 Å². The molecule has 0 radical (unpaired) electrons. The third-order valence-electron chi connectivity index (χ3n) is 3.14. The Kier molecular flexibility index (Phi) is 12.2. The summed E-state index contributed by atoms with van der Waals surface area (Å²) in [6.07, 6.45) is 0.324. The summed E-state index contributed by atoms with van der Waals surface area (Å²) < 4.78 is 4.56. The number of hydrogen-bond acceptors (Lipinski definition) is 3. The Morgan fingerprint density at radius 3 is 1.95 bits per heavy atom. The summed E-state index contributed by atoms with van der Waals surface area (Å²) in [7, 11) is 1.30. The van der Waals surface area contributed by atoms with E-state index < -0.39 is 12.1 Å². The number of carbonyl (C=O) groups is 2. The van der Waals surface area contributed by atoms with Crippen LogP contribution in [0, 0.1) is 5.92 Å². The van der Waals surface area contributed by atoms with E-state index in [2.05, 4.69) is 10.1 Å². The molecule has 0 aliphatic carbocycles. The van der Waals surface area contributed by atoms with Gasteiger partial charge in [0.1, 0.15) is 6.04 Å². The molecule has 5 heteroatoms. The summed E-state index contributed by atoms with van der Waals surface area (Å²) in [4.78, 5) is 25.5. The average Bonchev–Trinajstić information content (AvgIpc) is 2.46. The zero-order valence-electron chi connectivity index (χ0n) is 14.3. The van der Waals surface area contributed by atoms with Crippen LogP contribution in [0.1, 0.15) is 54.9 Å². The van der Waals surface area contributed by atoms with Crippen LogP contribution in [0.2, 0.25) is 0 Å². The van der Waals surface area contributed by atoms with Crippen molar-refractivity contribution in [3.63, 3.8) is 0 Å². The fraction of sp³-hybridized carbons (Fsp3) is 0.867. The van der Waals surface area contributed by atoms with Gasteiger partial charge in [0.25, 0.3) is 0 Å². The highest BCUT2D eigenvalue weighted by molar-refractivity contribution is 5.86. The highest BCUT2D eigenvalue weighted by atomic mass is 16.5. The average molecular weight is 288 g/mol. The van der Waals surface area contributed by atoms with E-state index in [-0.39, 0.29) is 17.9 Å². The summed E-state index contributed by atoms with van der Waals surface area (Å²) in [6.45, 7) is 14.4. The Balaban J connectivity index is 0. The van der Waals surface area contributed by atoms with E-state index in [1.807, 2.05) is 48.5 Å². The number of nitrogens with one attached hydrogen (secondary N) is 1. The van der Waals surface area contributed by atoms with E-state index in [9.17, 15) is 9.59 Å². The van der Waals surface area contributed by atoms with Crippen molar-refractivity contribution in [1.82, 2.24) is 10.2 Å².